The van der Waals surface area contributed by atoms with Crippen molar-refractivity contribution in [3.05, 3.63) is 0 Å². The first-order valence-electron chi connectivity index (χ1n) is 2.21. The van der Waals surface area contributed by atoms with E-state index < -0.39 is 0 Å². The van der Waals surface area contributed by atoms with Gasteiger partial charge in [0, 0.05) is 0 Å². The maximum absolute atomic E-state index is 3.22. The first kappa shape index (κ1) is 3.22. The zero-order valence-corrected chi connectivity index (χ0v) is 3.33. The monoisotopic (exact) mass is 69.1 g/mol. The van der Waals surface area contributed by atoms with Crippen LogP contribution in [0.25, 0.3) is 0 Å². The maximum atomic E-state index is 3.22. The van der Waals surface area contributed by atoms with Gasteiger partial charge in [-0.3, -0.25) is 0 Å². The van der Waals surface area contributed by atoms with Crippen LogP contribution in [0.4, 0.5) is 0 Å². The highest BCUT2D eigenvalue weighted by Gasteiger charge is 1.96. The highest BCUT2D eigenvalue weighted by atomic mass is 14.8. The summed E-state index contributed by atoms with van der Waals surface area (Å²) in [5.74, 6) is 0. The third-order valence-corrected chi connectivity index (χ3v) is 0.957. The third-order valence-electron chi connectivity index (χ3n) is 0.957. The predicted molar refractivity (Wildman–Crippen MR) is 24.6 cm³/mol. The van der Waals surface area contributed by atoms with E-state index >= 15 is 0 Å². The van der Waals surface area contributed by atoms with Crippen LogP contribution in [0.15, 0.2) is 0 Å². The van der Waals surface area contributed by atoms with Crippen LogP contribution in [0.2, 0.25) is 6.32 Å². The van der Waals surface area contributed by atoms with Gasteiger partial charge in [0.2, 0.25) is 7.41 Å². The molecule has 0 radical (unpaired) electrons. The second kappa shape index (κ2) is 1.46. The first-order valence-corrected chi connectivity index (χ1v) is 2.21. The van der Waals surface area contributed by atoms with Crippen molar-refractivity contribution in [3.8, 4) is 0 Å². The van der Waals surface area contributed by atoms with Gasteiger partial charge in [-0.25, -0.2) is 0 Å². The smallest absolute Gasteiger partial charge is 0.201 e. The molecule has 0 atom stereocenters. The maximum Gasteiger partial charge on any atom is 0.201 e. The van der Waals surface area contributed by atoms with Gasteiger partial charge in [-0.1, -0.05) is 6.32 Å². The summed E-state index contributed by atoms with van der Waals surface area (Å²) < 4.78 is 0. The lowest BCUT2D eigenvalue weighted by atomic mass is 9.94. The fourth-order valence-corrected chi connectivity index (χ4v) is 0.625. The zero-order chi connectivity index (χ0) is 3.54. The number of hydrogen-bond acceptors (Lipinski definition) is 1. The molecule has 5 heavy (non-hydrogen) atoms. The van der Waals surface area contributed by atoms with Crippen molar-refractivity contribution in [1.29, 1.82) is 0 Å². The summed E-state index contributed by atoms with van der Waals surface area (Å²) in [7, 11) is 1.25. The van der Waals surface area contributed by atoms with E-state index in [1.807, 2.05) is 0 Å². The van der Waals surface area contributed by atoms with Gasteiger partial charge in [0.25, 0.3) is 0 Å². The van der Waals surface area contributed by atoms with Gasteiger partial charge in [0.15, 0.2) is 0 Å². The molecule has 0 bridgehead atoms. The van der Waals surface area contributed by atoms with Gasteiger partial charge in [-0.05, 0) is 13.0 Å². The minimum atomic E-state index is 1.25. The summed E-state index contributed by atoms with van der Waals surface area (Å²) in [5, 5.41) is 3.22. The van der Waals surface area contributed by atoms with Crippen molar-refractivity contribution >= 4 is 7.41 Å². The van der Waals surface area contributed by atoms with Gasteiger partial charge in [-0.2, -0.15) is 0 Å². The largest absolute Gasteiger partial charge is 0.359 e. The highest BCUT2D eigenvalue weighted by Crippen LogP contribution is 1.89. The topological polar surface area (TPSA) is 12.0 Å². The van der Waals surface area contributed by atoms with E-state index in [9.17, 15) is 0 Å². The van der Waals surface area contributed by atoms with Crippen LogP contribution in [-0.4, -0.2) is 14.0 Å². The Kier molecular flexibility index (Phi) is 0.940. The fourth-order valence-electron chi connectivity index (χ4n) is 0.625. The van der Waals surface area contributed by atoms with Gasteiger partial charge < -0.3 is 5.23 Å². The number of nitrogens with one attached hydrogen (secondary N) is 1. The highest BCUT2D eigenvalue weighted by molar-refractivity contribution is 6.33. The Hall–Kier alpha value is 0.0249. The van der Waals surface area contributed by atoms with Crippen LogP contribution >= 0.6 is 0 Å². The Labute approximate surface area is 33.0 Å². The molecule has 1 N–H and O–H groups in total. The van der Waals surface area contributed by atoms with Gasteiger partial charge in [0.1, 0.15) is 0 Å². The number of rotatable bonds is 0. The normalized spacial score (nSPS) is 22.4. The molecule has 0 spiro atoms. The summed E-state index contributed by atoms with van der Waals surface area (Å²) in [6, 6.07) is 0. The van der Waals surface area contributed by atoms with E-state index in [4.69, 9.17) is 0 Å². The molecule has 1 heterocycles. The lowest BCUT2D eigenvalue weighted by molar-refractivity contribution is 0.933. The molecule has 28 valence electrons. The molecule has 0 amide bonds. The summed E-state index contributed by atoms with van der Waals surface area (Å²) in [5.41, 5.74) is 0. The minimum absolute atomic E-state index is 1.25. The molecule has 1 nitrogen and oxygen atoms in total. The van der Waals surface area contributed by atoms with E-state index in [1.54, 1.807) is 0 Å². The average molecular weight is 68.9 g/mol. The van der Waals surface area contributed by atoms with E-state index in [2.05, 4.69) is 5.23 Å². The van der Waals surface area contributed by atoms with Crippen molar-refractivity contribution in [2.24, 2.45) is 0 Å². The Bertz CT molecular complexity index is 18.5. The molecule has 0 saturated carbocycles. The molecule has 0 aromatic rings. The van der Waals surface area contributed by atoms with Crippen LogP contribution in [0.5, 0.6) is 0 Å². The molecule has 1 fully saturated rings. The van der Waals surface area contributed by atoms with Crippen LogP contribution in [0.3, 0.4) is 0 Å². The molecular formula is C3H8BN. The first-order chi connectivity index (χ1) is 2.50. The second-order valence-corrected chi connectivity index (χ2v) is 1.46. The van der Waals surface area contributed by atoms with Crippen molar-refractivity contribution in [3.63, 3.8) is 0 Å². The second-order valence-electron chi connectivity index (χ2n) is 1.46. The molecule has 0 aliphatic carbocycles. The lowest BCUT2D eigenvalue weighted by Crippen LogP contribution is -2.07. The van der Waals surface area contributed by atoms with Gasteiger partial charge >= 0.3 is 0 Å². The fraction of sp³-hybridized carbons (Fsp3) is 1.00. The summed E-state index contributed by atoms with van der Waals surface area (Å²) >= 11 is 0. The standard InChI is InChI=1S/C3H8BN/c1-2-4-5-3-1/h4-5H,1-3H2. The Morgan fingerprint density at radius 1 is 1.60 bits per heavy atom. The zero-order valence-electron chi connectivity index (χ0n) is 3.33. The molecule has 0 unspecified atom stereocenters. The minimum Gasteiger partial charge on any atom is -0.359 e. The number of hydrogen-bond donors (Lipinski definition) is 1. The molecule has 1 aliphatic heterocycles. The Morgan fingerprint density at radius 2 is 2.60 bits per heavy atom. The predicted octanol–water partition coefficient (Wildman–Crippen LogP) is -0.251. The van der Waals surface area contributed by atoms with E-state index in [-0.39, 0.29) is 0 Å². The van der Waals surface area contributed by atoms with Gasteiger partial charge in [-0.15, -0.1) is 0 Å². The molecule has 1 rings (SSSR count). The Morgan fingerprint density at radius 3 is 2.80 bits per heavy atom. The Balaban J connectivity index is 2.08. The summed E-state index contributed by atoms with van der Waals surface area (Å²) in [6.45, 7) is 1.25. The SMILES string of the molecule is B1CCCN1. The van der Waals surface area contributed by atoms with Crippen molar-refractivity contribution in [2.75, 3.05) is 6.54 Å². The van der Waals surface area contributed by atoms with E-state index in [1.165, 1.54) is 26.7 Å². The summed E-state index contributed by atoms with van der Waals surface area (Å²) in [4.78, 5) is 0. The van der Waals surface area contributed by atoms with E-state index in [0.29, 0.717) is 0 Å². The summed E-state index contributed by atoms with van der Waals surface area (Å²) in [6.07, 6.45) is 2.78. The van der Waals surface area contributed by atoms with Crippen LogP contribution < -0.4 is 5.23 Å². The average Bonchev–Trinajstić information content (AvgIpc) is 1.76. The van der Waals surface area contributed by atoms with Crippen LogP contribution in [-0.2, 0) is 0 Å². The molecule has 0 aromatic carbocycles. The van der Waals surface area contributed by atoms with Crippen LogP contribution in [0, 0.1) is 0 Å². The lowest BCUT2D eigenvalue weighted by Gasteiger charge is -1.75. The molecule has 2 heteroatoms. The molecular weight excluding hydrogens is 60.9 g/mol. The van der Waals surface area contributed by atoms with Crippen molar-refractivity contribution in [2.45, 2.75) is 12.7 Å². The van der Waals surface area contributed by atoms with Crippen molar-refractivity contribution in [1.82, 2.24) is 5.23 Å². The molecule has 1 saturated heterocycles. The quantitative estimate of drug-likeness (QED) is 0.386. The third kappa shape index (κ3) is 0.654. The van der Waals surface area contributed by atoms with E-state index in [0.717, 1.165) is 0 Å². The van der Waals surface area contributed by atoms with Gasteiger partial charge in [0.05, 0.1) is 0 Å². The van der Waals surface area contributed by atoms with Crippen molar-refractivity contribution < 1.29 is 0 Å². The molecule has 1 aliphatic rings. The molecule has 0 aromatic heterocycles. The van der Waals surface area contributed by atoms with Crippen LogP contribution in [0.1, 0.15) is 6.42 Å².